The number of likely N-dealkylation sites (tertiary alicyclic amines) is 1. The Morgan fingerprint density at radius 2 is 1.86 bits per heavy atom. The summed E-state index contributed by atoms with van der Waals surface area (Å²) in [6.07, 6.45) is 8.61. The molecule has 3 heterocycles. The molecule has 1 saturated carbocycles. The number of hydrogen-bond acceptors (Lipinski definition) is 6. The van der Waals surface area contributed by atoms with Crippen LogP contribution in [0.5, 0.6) is 0 Å². The number of fused-ring (bicyclic) bond motifs is 1. The number of ether oxygens (including phenoxy) is 2. The van der Waals surface area contributed by atoms with E-state index in [1.165, 1.54) is 6.42 Å². The van der Waals surface area contributed by atoms with Crippen molar-refractivity contribution in [1.82, 2.24) is 15.1 Å². The van der Waals surface area contributed by atoms with Gasteiger partial charge in [0.05, 0.1) is 25.4 Å². The monoisotopic (exact) mass is 407 g/mol. The van der Waals surface area contributed by atoms with Crippen LogP contribution in [0.25, 0.3) is 0 Å². The van der Waals surface area contributed by atoms with Gasteiger partial charge in [0.25, 0.3) is 0 Å². The van der Waals surface area contributed by atoms with Gasteiger partial charge in [-0.25, -0.2) is 4.79 Å². The number of urea groups is 1. The van der Waals surface area contributed by atoms with Crippen LogP contribution in [0.4, 0.5) is 4.79 Å². The van der Waals surface area contributed by atoms with Gasteiger partial charge in [-0.15, -0.1) is 0 Å². The van der Waals surface area contributed by atoms with Crippen molar-refractivity contribution in [3.63, 3.8) is 0 Å². The van der Waals surface area contributed by atoms with E-state index in [1.54, 1.807) is 4.90 Å². The van der Waals surface area contributed by atoms with Gasteiger partial charge in [-0.2, -0.15) is 0 Å². The van der Waals surface area contributed by atoms with Crippen LogP contribution in [0.15, 0.2) is 0 Å². The van der Waals surface area contributed by atoms with Crippen LogP contribution in [0.1, 0.15) is 51.4 Å². The first-order valence-corrected chi connectivity index (χ1v) is 11.2. The lowest BCUT2D eigenvalue weighted by Crippen LogP contribution is -2.70. The number of ketones is 1. The predicted octanol–water partition coefficient (Wildman–Crippen LogP) is 1.33. The number of hydrogen-bond donors (Lipinski definition) is 1. The van der Waals surface area contributed by atoms with Crippen LogP contribution < -0.4 is 5.32 Å². The molecule has 0 bridgehead atoms. The van der Waals surface area contributed by atoms with Crippen molar-refractivity contribution in [3.8, 4) is 0 Å². The van der Waals surface area contributed by atoms with E-state index in [0.29, 0.717) is 45.2 Å². The molecule has 4 rings (SSSR count). The number of aldehydes is 1. The zero-order valence-electron chi connectivity index (χ0n) is 17.1. The third-order valence-electron chi connectivity index (χ3n) is 7.00. The predicted molar refractivity (Wildman–Crippen MR) is 105 cm³/mol. The van der Waals surface area contributed by atoms with E-state index in [-0.39, 0.29) is 24.5 Å². The maximum Gasteiger partial charge on any atom is 0.319 e. The summed E-state index contributed by atoms with van der Waals surface area (Å²) >= 11 is 0. The Balaban J connectivity index is 1.60. The first-order chi connectivity index (χ1) is 14.1. The third-order valence-corrected chi connectivity index (χ3v) is 7.00. The molecule has 0 radical (unpaired) electrons. The first kappa shape index (κ1) is 20.8. The van der Waals surface area contributed by atoms with Crippen LogP contribution in [0.3, 0.4) is 0 Å². The second kappa shape index (κ2) is 9.10. The number of amides is 2. The Labute approximate surface area is 172 Å². The van der Waals surface area contributed by atoms with Crippen molar-refractivity contribution in [1.29, 1.82) is 0 Å². The van der Waals surface area contributed by atoms with E-state index < -0.39 is 11.7 Å². The van der Waals surface area contributed by atoms with Gasteiger partial charge in [-0.3, -0.25) is 14.5 Å². The summed E-state index contributed by atoms with van der Waals surface area (Å²) in [4.78, 5) is 42.0. The summed E-state index contributed by atoms with van der Waals surface area (Å²) in [6.45, 7) is 2.75. The smallest absolute Gasteiger partial charge is 0.319 e. The van der Waals surface area contributed by atoms with Gasteiger partial charge < -0.3 is 19.7 Å². The molecule has 0 aromatic rings. The van der Waals surface area contributed by atoms with Crippen molar-refractivity contribution in [3.05, 3.63) is 0 Å². The van der Waals surface area contributed by atoms with E-state index in [1.807, 2.05) is 4.90 Å². The largest absolute Gasteiger partial charge is 0.378 e. The molecule has 3 unspecified atom stereocenters. The highest BCUT2D eigenvalue weighted by atomic mass is 16.5. The lowest BCUT2D eigenvalue weighted by molar-refractivity contribution is -0.134. The summed E-state index contributed by atoms with van der Waals surface area (Å²) in [5.74, 6) is 0.391. The molecule has 3 atom stereocenters. The number of morpholine rings is 1. The fourth-order valence-electron chi connectivity index (χ4n) is 5.49. The Morgan fingerprint density at radius 1 is 1.10 bits per heavy atom. The van der Waals surface area contributed by atoms with Gasteiger partial charge in [0, 0.05) is 19.6 Å². The van der Waals surface area contributed by atoms with Gasteiger partial charge in [0.15, 0.2) is 17.7 Å². The van der Waals surface area contributed by atoms with Crippen molar-refractivity contribution < 1.29 is 23.9 Å². The fourth-order valence-corrected chi connectivity index (χ4v) is 5.49. The standard InChI is InChI=1S/C21H33N3O5/c25-15-21(13-16-5-2-1-3-6-16,22-20(27)23-9-11-28-12-10-23)24-8-4-7-18-19(24)17(26)14-29-18/h15-16,18-19H,1-14H2,(H,22,27). The highest BCUT2D eigenvalue weighted by molar-refractivity contribution is 5.89. The van der Waals surface area contributed by atoms with E-state index in [9.17, 15) is 14.4 Å². The van der Waals surface area contributed by atoms with Gasteiger partial charge in [-0.05, 0) is 25.2 Å². The summed E-state index contributed by atoms with van der Waals surface area (Å²) in [5, 5.41) is 3.08. The van der Waals surface area contributed by atoms with E-state index in [2.05, 4.69) is 5.32 Å². The van der Waals surface area contributed by atoms with Crippen molar-refractivity contribution in [2.24, 2.45) is 5.92 Å². The molecule has 0 spiro atoms. The van der Waals surface area contributed by atoms with Gasteiger partial charge in [-0.1, -0.05) is 32.1 Å². The van der Waals surface area contributed by atoms with Crippen LogP contribution in [-0.4, -0.2) is 85.2 Å². The minimum absolute atomic E-state index is 0.0187. The molecule has 4 aliphatic rings. The van der Waals surface area contributed by atoms with E-state index >= 15 is 0 Å². The molecule has 162 valence electrons. The zero-order valence-corrected chi connectivity index (χ0v) is 17.1. The summed E-state index contributed by atoms with van der Waals surface area (Å²) in [7, 11) is 0. The minimum Gasteiger partial charge on any atom is -0.378 e. The molecule has 8 nitrogen and oxygen atoms in total. The molecule has 0 aromatic carbocycles. The Bertz CT molecular complexity index is 617. The van der Waals surface area contributed by atoms with Crippen LogP contribution in [0, 0.1) is 5.92 Å². The molecular formula is C21H33N3O5. The molecule has 1 N–H and O–H groups in total. The SMILES string of the molecule is O=CC(CC1CCCCC1)(NC(=O)N1CCOCC1)N1CCCC2OCC(=O)C21. The Hall–Kier alpha value is -1.51. The number of nitrogens with one attached hydrogen (secondary N) is 1. The lowest BCUT2D eigenvalue weighted by Gasteiger charge is -2.48. The average molecular weight is 408 g/mol. The van der Waals surface area contributed by atoms with Crippen LogP contribution in [-0.2, 0) is 19.1 Å². The van der Waals surface area contributed by atoms with Gasteiger partial charge in [0.2, 0.25) is 0 Å². The summed E-state index contributed by atoms with van der Waals surface area (Å²) < 4.78 is 11.1. The second-order valence-corrected chi connectivity index (χ2v) is 8.88. The Kier molecular flexibility index (Phi) is 6.51. The van der Waals surface area contributed by atoms with E-state index in [4.69, 9.17) is 9.47 Å². The van der Waals surface area contributed by atoms with Crippen molar-refractivity contribution >= 4 is 18.1 Å². The topological polar surface area (TPSA) is 88.2 Å². The molecule has 3 saturated heterocycles. The summed E-state index contributed by atoms with van der Waals surface area (Å²) in [5.41, 5.74) is -1.16. The summed E-state index contributed by atoms with van der Waals surface area (Å²) in [6, 6.07) is -0.688. The molecule has 3 aliphatic heterocycles. The quantitative estimate of drug-likeness (QED) is 0.692. The molecule has 2 amide bonds. The maximum absolute atomic E-state index is 13.1. The van der Waals surface area contributed by atoms with Crippen molar-refractivity contribution in [2.75, 3.05) is 39.5 Å². The number of Topliss-reactive ketones (excluding diaryl/α,β-unsaturated/α-hetero) is 1. The minimum atomic E-state index is -1.16. The number of carbonyl (C=O) groups is 3. The number of carbonyl (C=O) groups excluding carboxylic acids is 3. The molecule has 0 aromatic heterocycles. The normalized spacial score (nSPS) is 31.2. The molecule has 1 aliphatic carbocycles. The number of rotatable bonds is 5. The highest BCUT2D eigenvalue weighted by Crippen LogP contribution is 2.37. The van der Waals surface area contributed by atoms with Crippen LogP contribution >= 0.6 is 0 Å². The van der Waals surface area contributed by atoms with Gasteiger partial charge in [0.1, 0.15) is 6.61 Å². The number of nitrogens with zero attached hydrogens (tertiary/aromatic N) is 2. The molecule has 8 heteroatoms. The molecule has 29 heavy (non-hydrogen) atoms. The van der Waals surface area contributed by atoms with Crippen LogP contribution in [0.2, 0.25) is 0 Å². The Morgan fingerprint density at radius 3 is 2.59 bits per heavy atom. The number of piperidine rings is 1. The lowest BCUT2D eigenvalue weighted by atomic mass is 9.81. The van der Waals surface area contributed by atoms with Crippen molar-refractivity contribution in [2.45, 2.75) is 69.2 Å². The molecule has 4 fully saturated rings. The highest BCUT2D eigenvalue weighted by Gasteiger charge is 2.52. The molecular weight excluding hydrogens is 374 g/mol. The zero-order chi connectivity index (χ0) is 20.3. The van der Waals surface area contributed by atoms with E-state index in [0.717, 1.165) is 44.8 Å². The third kappa shape index (κ3) is 4.34. The second-order valence-electron chi connectivity index (χ2n) is 8.88. The average Bonchev–Trinajstić information content (AvgIpc) is 3.15. The fraction of sp³-hybridized carbons (Fsp3) is 0.857. The maximum atomic E-state index is 13.1. The first-order valence-electron chi connectivity index (χ1n) is 11.2. The van der Waals surface area contributed by atoms with Gasteiger partial charge >= 0.3 is 6.03 Å².